The van der Waals surface area contributed by atoms with Crippen molar-refractivity contribution in [2.45, 2.75) is 25.7 Å². The standard InChI is InChI=1S/C22H22Cl2N4O/c1-14-6-7-16(23)12-19(14)27-22(29)17-13-26-28(20-5-3-2-4-18(20)24)21(17)15-8-10-25-11-9-15/h2-7,12-13,15,25H,8-11H2,1H3,(H,27,29). The summed E-state index contributed by atoms with van der Waals surface area (Å²) in [7, 11) is 0. The zero-order chi connectivity index (χ0) is 20.4. The Balaban J connectivity index is 1.75. The number of para-hydroxylation sites is 1. The first-order valence-corrected chi connectivity index (χ1v) is 10.4. The molecule has 1 saturated heterocycles. The highest BCUT2D eigenvalue weighted by Crippen LogP contribution is 2.33. The largest absolute Gasteiger partial charge is 0.322 e. The topological polar surface area (TPSA) is 59.0 Å². The van der Waals surface area contributed by atoms with Crippen LogP contribution in [0, 0.1) is 6.92 Å². The van der Waals surface area contributed by atoms with Crippen LogP contribution >= 0.6 is 23.2 Å². The Kier molecular flexibility index (Phi) is 5.90. The monoisotopic (exact) mass is 428 g/mol. The molecule has 2 aromatic carbocycles. The fourth-order valence-electron chi connectivity index (χ4n) is 3.76. The van der Waals surface area contributed by atoms with E-state index in [1.807, 2.05) is 48.0 Å². The predicted octanol–water partition coefficient (Wildman–Crippen LogP) is 5.21. The molecule has 0 spiro atoms. The maximum absolute atomic E-state index is 13.2. The van der Waals surface area contributed by atoms with E-state index in [0.717, 1.165) is 42.9 Å². The van der Waals surface area contributed by atoms with Gasteiger partial charge in [0.15, 0.2) is 0 Å². The van der Waals surface area contributed by atoms with Gasteiger partial charge in [0.25, 0.3) is 5.91 Å². The second-order valence-electron chi connectivity index (χ2n) is 7.24. The lowest BCUT2D eigenvalue weighted by Crippen LogP contribution is -2.29. The third-order valence-electron chi connectivity index (χ3n) is 5.31. The fraction of sp³-hybridized carbons (Fsp3) is 0.273. The van der Waals surface area contributed by atoms with Gasteiger partial charge >= 0.3 is 0 Å². The number of benzene rings is 2. The minimum Gasteiger partial charge on any atom is -0.322 e. The van der Waals surface area contributed by atoms with Crippen molar-refractivity contribution in [1.29, 1.82) is 0 Å². The van der Waals surface area contributed by atoms with Crippen LogP contribution in [0.3, 0.4) is 0 Å². The first kappa shape index (κ1) is 20.0. The minimum atomic E-state index is -0.192. The van der Waals surface area contributed by atoms with Crippen LogP contribution < -0.4 is 10.6 Å². The molecule has 0 saturated carbocycles. The summed E-state index contributed by atoms with van der Waals surface area (Å²) >= 11 is 12.5. The van der Waals surface area contributed by atoms with Gasteiger partial charge in [0.1, 0.15) is 0 Å². The number of nitrogens with one attached hydrogen (secondary N) is 2. The van der Waals surface area contributed by atoms with E-state index in [-0.39, 0.29) is 11.8 Å². The van der Waals surface area contributed by atoms with Crippen LogP contribution in [-0.2, 0) is 0 Å². The molecule has 1 amide bonds. The van der Waals surface area contributed by atoms with Gasteiger partial charge in [-0.25, -0.2) is 4.68 Å². The van der Waals surface area contributed by atoms with Crippen LogP contribution in [0.2, 0.25) is 10.0 Å². The Morgan fingerprint density at radius 3 is 2.69 bits per heavy atom. The number of hydrogen-bond acceptors (Lipinski definition) is 3. The van der Waals surface area contributed by atoms with Crippen molar-refractivity contribution in [2.75, 3.05) is 18.4 Å². The summed E-state index contributed by atoms with van der Waals surface area (Å²) in [6, 6.07) is 13.0. The Morgan fingerprint density at radius 1 is 1.17 bits per heavy atom. The summed E-state index contributed by atoms with van der Waals surface area (Å²) in [5, 5.41) is 12.1. The molecule has 0 radical (unpaired) electrons. The van der Waals surface area contributed by atoms with Gasteiger partial charge in [-0.05, 0) is 62.7 Å². The first-order chi connectivity index (χ1) is 14.0. The quantitative estimate of drug-likeness (QED) is 0.599. The number of hydrogen-bond donors (Lipinski definition) is 2. The summed E-state index contributed by atoms with van der Waals surface area (Å²) < 4.78 is 1.82. The number of piperidine rings is 1. The Hall–Kier alpha value is -2.34. The Morgan fingerprint density at radius 2 is 1.93 bits per heavy atom. The third-order valence-corrected chi connectivity index (χ3v) is 5.86. The number of rotatable bonds is 4. The molecule has 2 N–H and O–H groups in total. The van der Waals surface area contributed by atoms with Crippen molar-refractivity contribution in [3.8, 4) is 5.69 Å². The lowest BCUT2D eigenvalue weighted by molar-refractivity contribution is 0.102. The van der Waals surface area contributed by atoms with Crippen molar-refractivity contribution in [2.24, 2.45) is 0 Å². The van der Waals surface area contributed by atoms with E-state index in [9.17, 15) is 4.79 Å². The second kappa shape index (κ2) is 8.57. The molecule has 29 heavy (non-hydrogen) atoms. The number of carbonyl (C=O) groups is 1. The van der Waals surface area contributed by atoms with Crippen molar-refractivity contribution >= 4 is 34.8 Å². The van der Waals surface area contributed by atoms with Crippen molar-refractivity contribution in [3.05, 3.63) is 75.5 Å². The molecule has 0 atom stereocenters. The molecule has 5 nitrogen and oxygen atoms in total. The number of halogens is 2. The van der Waals surface area contributed by atoms with Crippen LogP contribution in [0.4, 0.5) is 5.69 Å². The fourth-order valence-corrected chi connectivity index (χ4v) is 4.14. The van der Waals surface area contributed by atoms with Crippen molar-refractivity contribution < 1.29 is 4.79 Å². The number of aryl methyl sites for hydroxylation is 1. The molecular weight excluding hydrogens is 407 g/mol. The molecule has 7 heteroatoms. The van der Waals surface area contributed by atoms with Gasteiger partial charge in [-0.2, -0.15) is 5.10 Å². The van der Waals surface area contributed by atoms with Crippen LogP contribution in [0.5, 0.6) is 0 Å². The molecular formula is C22H22Cl2N4O. The molecule has 1 aliphatic heterocycles. The Bertz CT molecular complexity index is 1040. The number of nitrogens with zero attached hydrogens (tertiary/aromatic N) is 2. The molecule has 150 valence electrons. The van der Waals surface area contributed by atoms with Crippen LogP contribution in [0.25, 0.3) is 5.69 Å². The molecule has 3 aromatic rings. The molecule has 4 rings (SSSR count). The van der Waals surface area contributed by atoms with E-state index in [2.05, 4.69) is 15.7 Å². The Labute approximate surface area is 180 Å². The highest BCUT2D eigenvalue weighted by molar-refractivity contribution is 6.32. The van der Waals surface area contributed by atoms with E-state index < -0.39 is 0 Å². The zero-order valence-corrected chi connectivity index (χ0v) is 17.6. The van der Waals surface area contributed by atoms with Gasteiger partial charge in [0.2, 0.25) is 0 Å². The minimum absolute atomic E-state index is 0.192. The molecule has 0 bridgehead atoms. The average molecular weight is 429 g/mol. The van der Waals surface area contributed by atoms with Gasteiger partial charge < -0.3 is 10.6 Å². The van der Waals surface area contributed by atoms with Gasteiger partial charge in [0.05, 0.1) is 28.2 Å². The van der Waals surface area contributed by atoms with Crippen molar-refractivity contribution in [3.63, 3.8) is 0 Å². The summed E-state index contributed by atoms with van der Waals surface area (Å²) in [5.74, 6) is 0.0263. The third kappa shape index (κ3) is 4.17. The maximum atomic E-state index is 13.2. The molecule has 1 aromatic heterocycles. The number of aromatic nitrogens is 2. The van der Waals surface area contributed by atoms with Gasteiger partial charge in [-0.3, -0.25) is 4.79 Å². The van der Waals surface area contributed by atoms with E-state index >= 15 is 0 Å². The summed E-state index contributed by atoms with van der Waals surface area (Å²) in [6.45, 7) is 3.76. The smallest absolute Gasteiger partial charge is 0.259 e. The first-order valence-electron chi connectivity index (χ1n) is 9.65. The second-order valence-corrected chi connectivity index (χ2v) is 8.09. The molecule has 2 heterocycles. The summed E-state index contributed by atoms with van der Waals surface area (Å²) in [4.78, 5) is 13.2. The van der Waals surface area contributed by atoms with E-state index in [1.54, 1.807) is 12.3 Å². The highest BCUT2D eigenvalue weighted by atomic mass is 35.5. The molecule has 0 unspecified atom stereocenters. The summed E-state index contributed by atoms with van der Waals surface area (Å²) in [6.07, 6.45) is 3.51. The molecule has 1 fully saturated rings. The highest BCUT2D eigenvalue weighted by Gasteiger charge is 2.27. The van der Waals surface area contributed by atoms with E-state index in [0.29, 0.717) is 21.3 Å². The van der Waals surface area contributed by atoms with E-state index in [1.165, 1.54) is 0 Å². The van der Waals surface area contributed by atoms with Crippen LogP contribution in [-0.4, -0.2) is 28.8 Å². The normalized spacial score (nSPS) is 14.7. The van der Waals surface area contributed by atoms with Gasteiger partial charge in [0, 0.05) is 16.6 Å². The lowest BCUT2D eigenvalue weighted by Gasteiger charge is -2.25. The van der Waals surface area contributed by atoms with Crippen molar-refractivity contribution in [1.82, 2.24) is 15.1 Å². The maximum Gasteiger partial charge on any atom is 0.259 e. The average Bonchev–Trinajstić information content (AvgIpc) is 3.17. The predicted molar refractivity (Wildman–Crippen MR) is 118 cm³/mol. The summed E-state index contributed by atoms with van der Waals surface area (Å²) in [5.41, 5.74) is 3.89. The zero-order valence-electron chi connectivity index (χ0n) is 16.1. The number of carbonyl (C=O) groups excluding carboxylic acids is 1. The SMILES string of the molecule is Cc1ccc(Cl)cc1NC(=O)c1cnn(-c2ccccc2Cl)c1C1CCNCC1. The molecule has 0 aliphatic carbocycles. The van der Waals surface area contributed by atoms with Crippen LogP contribution in [0.1, 0.15) is 40.4 Å². The van der Waals surface area contributed by atoms with Gasteiger partial charge in [-0.1, -0.05) is 41.4 Å². The number of amides is 1. The number of anilines is 1. The van der Waals surface area contributed by atoms with Gasteiger partial charge in [-0.15, -0.1) is 0 Å². The molecule has 1 aliphatic rings. The van der Waals surface area contributed by atoms with Crippen LogP contribution in [0.15, 0.2) is 48.7 Å². The lowest BCUT2D eigenvalue weighted by atomic mass is 9.91. The van der Waals surface area contributed by atoms with E-state index in [4.69, 9.17) is 23.2 Å².